The van der Waals surface area contributed by atoms with Gasteiger partial charge in [0.05, 0.1) is 0 Å². The molecule has 0 aliphatic carbocycles. The van der Waals surface area contributed by atoms with E-state index in [1.165, 1.54) is 25.7 Å². The summed E-state index contributed by atoms with van der Waals surface area (Å²) in [4.78, 5) is 0. The van der Waals surface area contributed by atoms with Crippen molar-refractivity contribution in [2.24, 2.45) is 5.92 Å². The highest BCUT2D eigenvalue weighted by molar-refractivity contribution is 5.02. The fourth-order valence-corrected chi connectivity index (χ4v) is 1.25. The highest BCUT2D eigenvalue weighted by Gasteiger charge is 1.94. The average molecular weight is 154 g/mol. The standard InChI is InChI=1S/C11H22/c1-5-7-8-11(6-2)9-10(3)4/h9-10H,5-8H2,1-4H3/b11-9+. The lowest BCUT2D eigenvalue weighted by molar-refractivity contribution is 0.738. The van der Waals surface area contributed by atoms with Crippen LogP contribution in [0.1, 0.15) is 53.4 Å². The summed E-state index contributed by atoms with van der Waals surface area (Å²) in [6, 6.07) is 0. The first kappa shape index (κ1) is 10.7. The molecule has 0 aromatic carbocycles. The van der Waals surface area contributed by atoms with E-state index in [1.54, 1.807) is 5.57 Å². The van der Waals surface area contributed by atoms with Crippen molar-refractivity contribution in [1.29, 1.82) is 0 Å². The van der Waals surface area contributed by atoms with Gasteiger partial charge in [-0.3, -0.25) is 0 Å². The van der Waals surface area contributed by atoms with Crippen LogP contribution < -0.4 is 0 Å². The SMILES string of the molecule is CCCC/C(=C/C(C)C)CC. The van der Waals surface area contributed by atoms with Crippen LogP contribution in [0.2, 0.25) is 0 Å². The Hall–Kier alpha value is -0.260. The molecule has 0 radical (unpaired) electrons. The van der Waals surface area contributed by atoms with Gasteiger partial charge in [0.25, 0.3) is 0 Å². The Bertz CT molecular complexity index is 109. The minimum absolute atomic E-state index is 0.724. The summed E-state index contributed by atoms with van der Waals surface area (Å²) in [6.45, 7) is 9.01. The van der Waals surface area contributed by atoms with E-state index in [0.29, 0.717) is 0 Å². The molecule has 0 fully saturated rings. The summed E-state index contributed by atoms with van der Waals surface area (Å²) >= 11 is 0. The van der Waals surface area contributed by atoms with E-state index in [9.17, 15) is 0 Å². The zero-order valence-electron chi connectivity index (χ0n) is 8.48. The normalized spacial score (nSPS) is 12.6. The Labute approximate surface area is 71.7 Å². The number of unbranched alkanes of at least 4 members (excludes halogenated alkanes) is 1. The molecule has 0 heteroatoms. The Morgan fingerprint density at radius 2 is 1.91 bits per heavy atom. The molecule has 0 aliphatic rings. The van der Waals surface area contributed by atoms with Gasteiger partial charge in [-0.05, 0) is 25.2 Å². The van der Waals surface area contributed by atoms with Crippen LogP contribution in [0.3, 0.4) is 0 Å². The zero-order chi connectivity index (χ0) is 8.69. The molecule has 0 N–H and O–H groups in total. The van der Waals surface area contributed by atoms with Crippen molar-refractivity contribution in [3.63, 3.8) is 0 Å². The Kier molecular flexibility index (Phi) is 6.30. The minimum Gasteiger partial charge on any atom is -0.0828 e. The summed E-state index contributed by atoms with van der Waals surface area (Å²) < 4.78 is 0. The van der Waals surface area contributed by atoms with Crippen LogP contribution in [0, 0.1) is 5.92 Å². The van der Waals surface area contributed by atoms with Crippen LogP contribution in [0.5, 0.6) is 0 Å². The van der Waals surface area contributed by atoms with Crippen molar-refractivity contribution < 1.29 is 0 Å². The largest absolute Gasteiger partial charge is 0.0828 e. The maximum Gasteiger partial charge on any atom is -0.0288 e. The van der Waals surface area contributed by atoms with Crippen LogP contribution in [0.15, 0.2) is 11.6 Å². The maximum atomic E-state index is 2.41. The molecule has 0 saturated heterocycles. The monoisotopic (exact) mass is 154 g/mol. The third-order valence-electron chi connectivity index (χ3n) is 1.87. The van der Waals surface area contributed by atoms with Gasteiger partial charge in [0.1, 0.15) is 0 Å². The third-order valence-corrected chi connectivity index (χ3v) is 1.87. The highest BCUT2D eigenvalue weighted by Crippen LogP contribution is 2.13. The van der Waals surface area contributed by atoms with Crippen LogP contribution in [0.4, 0.5) is 0 Å². The first-order valence-corrected chi connectivity index (χ1v) is 4.90. The van der Waals surface area contributed by atoms with Gasteiger partial charge >= 0.3 is 0 Å². The molecule has 66 valence electrons. The zero-order valence-corrected chi connectivity index (χ0v) is 8.48. The van der Waals surface area contributed by atoms with Crippen molar-refractivity contribution in [2.45, 2.75) is 53.4 Å². The van der Waals surface area contributed by atoms with E-state index in [-0.39, 0.29) is 0 Å². The van der Waals surface area contributed by atoms with Gasteiger partial charge in [0.15, 0.2) is 0 Å². The van der Waals surface area contributed by atoms with Crippen molar-refractivity contribution in [3.8, 4) is 0 Å². The fraction of sp³-hybridized carbons (Fsp3) is 0.818. The van der Waals surface area contributed by atoms with Crippen molar-refractivity contribution in [3.05, 3.63) is 11.6 Å². The van der Waals surface area contributed by atoms with Gasteiger partial charge in [-0.25, -0.2) is 0 Å². The lowest BCUT2D eigenvalue weighted by Crippen LogP contribution is -1.87. The lowest BCUT2D eigenvalue weighted by atomic mass is 10.0. The molecule has 0 bridgehead atoms. The number of hydrogen-bond donors (Lipinski definition) is 0. The number of rotatable bonds is 5. The van der Waals surface area contributed by atoms with Gasteiger partial charge in [0, 0.05) is 0 Å². The predicted molar refractivity (Wildman–Crippen MR) is 52.7 cm³/mol. The second kappa shape index (κ2) is 6.45. The second-order valence-electron chi connectivity index (χ2n) is 3.53. The molecule has 0 amide bonds. The Balaban J connectivity index is 3.74. The van der Waals surface area contributed by atoms with Gasteiger partial charge in [0.2, 0.25) is 0 Å². The molecule has 0 aliphatic heterocycles. The van der Waals surface area contributed by atoms with Crippen LogP contribution >= 0.6 is 0 Å². The Morgan fingerprint density at radius 3 is 2.27 bits per heavy atom. The molecule has 0 heterocycles. The molecule has 0 nitrogen and oxygen atoms in total. The quantitative estimate of drug-likeness (QED) is 0.521. The molecule has 0 saturated carbocycles. The fourth-order valence-electron chi connectivity index (χ4n) is 1.25. The average Bonchev–Trinajstić information content (AvgIpc) is 1.97. The first-order chi connectivity index (χ1) is 5.20. The lowest BCUT2D eigenvalue weighted by Gasteiger charge is -2.04. The van der Waals surface area contributed by atoms with E-state index in [0.717, 1.165) is 5.92 Å². The molecular formula is C11H22. The van der Waals surface area contributed by atoms with Crippen molar-refractivity contribution in [2.75, 3.05) is 0 Å². The van der Waals surface area contributed by atoms with Crippen molar-refractivity contribution in [1.82, 2.24) is 0 Å². The number of hydrogen-bond acceptors (Lipinski definition) is 0. The molecule has 0 unspecified atom stereocenters. The summed E-state index contributed by atoms with van der Waals surface area (Å²) in [5.74, 6) is 0.724. The minimum atomic E-state index is 0.724. The third kappa shape index (κ3) is 6.15. The molecule has 0 spiro atoms. The summed E-state index contributed by atoms with van der Waals surface area (Å²) in [6.07, 6.45) is 7.63. The van der Waals surface area contributed by atoms with E-state index in [4.69, 9.17) is 0 Å². The molecule has 0 aromatic heterocycles. The topological polar surface area (TPSA) is 0 Å². The molecule has 0 atom stereocenters. The van der Waals surface area contributed by atoms with Crippen LogP contribution in [-0.4, -0.2) is 0 Å². The van der Waals surface area contributed by atoms with Crippen LogP contribution in [-0.2, 0) is 0 Å². The maximum absolute atomic E-state index is 2.41. The van der Waals surface area contributed by atoms with Gasteiger partial charge in [-0.2, -0.15) is 0 Å². The Morgan fingerprint density at radius 1 is 1.27 bits per heavy atom. The van der Waals surface area contributed by atoms with E-state index < -0.39 is 0 Å². The molecular weight excluding hydrogens is 132 g/mol. The summed E-state index contributed by atoms with van der Waals surface area (Å²) in [7, 11) is 0. The van der Waals surface area contributed by atoms with Gasteiger partial charge < -0.3 is 0 Å². The molecule has 0 rings (SSSR count). The van der Waals surface area contributed by atoms with Crippen molar-refractivity contribution >= 4 is 0 Å². The van der Waals surface area contributed by atoms with E-state index >= 15 is 0 Å². The summed E-state index contributed by atoms with van der Waals surface area (Å²) in [5, 5.41) is 0. The van der Waals surface area contributed by atoms with Crippen LogP contribution in [0.25, 0.3) is 0 Å². The molecule has 0 aromatic rings. The molecule has 11 heavy (non-hydrogen) atoms. The smallest absolute Gasteiger partial charge is 0.0288 e. The second-order valence-corrected chi connectivity index (χ2v) is 3.53. The van der Waals surface area contributed by atoms with Gasteiger partial charge in [-0.1, -0.05) is 45.8 Å². The summed E-state index contributed by atoms with van der Waals surface area (Å²) in [5.41, 5.74) is 1.64. The number of allylic oxidation sites excluding steroid dienone is 2. The first-order valence-electron chi connectivity index (χ1n) is 4.90. The van der Waals surface area contributed by atoms with E-state index in [1.807, 2.05) is 0 Å². The predicted octanol–water partition coefficient (Wildman–Crippen LogP) is 4.17. The van der Waals surface area contributed by atoms with Gasteiger partial charge in [-0.15, -0.1) is 0 Å². The highest BCUT2D eigenvalue weighted by atomic mass is 14.0. The van der Waals surface area contributed by atoms with E-state index in [2.05, 4.69) is 33.8 Å².